The lowest BCUT2D eigenvalue weighted by Gasteiger charge is -2.39. The number of carbonyl (C=O) groups is 2. The number of rotatable bonds is 27. The highest BCUT2D eigenvalue weighted by Crippen LogP contribution is 2.51. The van der Waals surface area contributed by atoms with Gasteiger partial charge in [-0.05, 0) is 87.6 Å². The maximum absolute atomic E-state index is 13.7. The van der Waals surface area contributed by atoms with Crippen molar-refractivity contribution in [2.45, 2.75) is 109 Å². The standard InChI is InChI=1S/C50H62F3N6O10P/c1-35(2)59(36(3)4)70(67-30-14-26-54)69-43-31-45(58-32-37(46(61)56-48(58)63)25-29-57(34-60)28-13-8-7-12-27-55-47(62)50(51,52)53)68-44(43)33-66-49(38-15-10-9-11-16-38,39-17-21-41(64-5)22-18-39)40-19-23-42(65-6)24-20-40/h9-11,15-25,29,32,34-36,43-45H,7-8,12-14,27-28,30-31,33H2,1-6H3,(H,55,62)(H,56,61,63)/b29-25+/t43-,44+,45+,70?/m0/s1. The van der Waals surface area contributed by atoms with Crippen LogP contribution >= 0.6 is 8.53 Å². The number of aromatic nitrogens is 2. The zero-order valence-electron chi connectivity index (χ0n) is 40.2. The van der Waals surface area contributed by atoms with Crippen molar-refractivity contribution in [3.63, 3.8) is 0 Å². The van der Waals surface area contributed by atoms with E-state index in [9.17, 15) is 37.6 Å². The molecule has 3 aromatic carbocycles. The SMILES string of the molecule is COc1ccc(C(OC[C@H]2O[C@@H](n3cc(/C=C/N(C=O)CCCCCCNC(=O)C(F)(F)F)c(=O)[nH]c3=O)C[C@@H]2OP(OCCC#N)N(C(C)C)C(C)C)(c2ccccc2)c2ccc(OC)cc2)cc1. The normalized spacial score (nSPS) is 16.7. The Hall–Kier alpha value is -5.87. The van der Waals surface area contributed by atoms with Crippen molar-refractivity contribution < 1.29 is 50.8 Å². The number of alkyl halides is 3. The van der Waals surface area contributed by atoms with Crippen LogP contribution in [0, 0.1) is 11.3 Å². The first-order valence-electron chi connectivity index (χ1n) is 23.0. The molecule has 1 unspecified atom stereocenters. The number of carbonyl (C=O) groups excluding carboxylic acids is 2. The molecular formula is C50H62F3N6O10P. The number of nitriles is 1. The van der Waals surface area contributed by atoms with Gasteiger partial charge in [-0.2, -0.15) is 18.4 Å². The number of ether oxygens (including phenoxy) is 4. The van der Waals surface area contributed by atoms with Crippen molar-refractivity contribution in [2.75, 3.05) is 40.5 Å². The van der Waals surface area contributed by atoms with E-state index in [0.29, 0.717) is 43.6 Å². The number of aromatic amines is 1. The molecule has 1 fully saturated rings. The maximum atomic E-state index is 13.7. The highest BCUT2D eigenvalue weighted by atomic mass is 31.2. The molecule has 1 aliphatic heterocycles. The molecule has 0 spiro atoms. The summed E-state index contributed by atoms with van der Waals surface area (Å²) < 4.78 is 79.1. The van der Waals surface area contributed by atoms with Crippen LogP contribution in [0.5, 0.6) is 11.5 Å². The van der Waals surface area contributed by atoms with Crippen LogP contribution in [-0.2, 0) is 33.7 Å². The van der Waals surface area contributed by atoms with E-state index in [0.717, 1.165) is 16.7 Å². The Balaban J connectivity index is 1.48. The molecule has 5 rings (SSSR count). The lowest BCUT2D eigenvalue weighted by molar-refractivity contribution is -0.173. The molecule has 2 amide bonds. The first-order valence-corrected chi connectivity index (χ1v) is 24.2. The van der Waals surface area contributed by atoms with Gasteiger partial charge in [-0.1, -0.05) is 67.4 Å². The highest BCUT2D eigenvalue weighted by Gasteiger charge is 2.45. The minimum atomic E-state index is -4.94. The van der Waals surface area contributed by atoms with Crippen LogP contribution in [0.3, 0.4) is 0 Å². The van der Waals surface area contributed by atoms with Crippen molar-refractivity contribution in [3.05, 3.63) is 134 Å². The average molecular weight is 995 g/mol. The van der Waals surface area contributed by atoms with E-state index in [1.807, 2.05) is 112 Å². The van der Waals surface area contributed by atoms with Gasteiger partial charge in [-0.25, -0.2) is 9.46 Å². The first kappa shape index (κ1) is 55.1. The number of hydrogen-bond acceptors (Lipinski definition) is 12. The maximum Gasteiger partial charge on any atom is 0.471 e. The number of nitrogens with zero attached hydrogens (tertiary/aromatic N) is 4. The Kier molecular flexibility index (Phi) is 20.7. The molecule has 1 aliphatic rings. The molecule has 2 N–H and O–H groups in total. The zero-order chi connectivity index (χ0) is 50.8. The van der Waals surface area contributed by atoms with Crippen molar-refractivity contribution >= 4 is 26.9 Å². The Morgan fingerprint density at radius 3 is 2.09 bits per heavy atom. The molecule has 0 radical (unpaired) electrons. The molecule has 70 heavy (non-hydrogen) atoms. The number of unbranched alkanes of at least 4 members (excludes halogenated alkanes) is 3. The Labute approximate surface area is 407 Å². The number of H-pyrrole nitrogens is 1. The number of halogens is 3. The molecule has 0 saturated carbocycles. The van der Waals surface area contributed by atoms with Gasteiger partial charge in [0.2, 0.25) is 6.41 Å². The lowest BCUT2D eigenvalue weighted by Crippen LogP contribution is -2.39. The summed E-state index contributed by atoms with van der Waals surface area (Å²) in [7, 11) is 1.38. The quantitative estimate of drug-likeness (QED) is 0.0253. The van der Waals surface area contributed by atoms with Crippen LogP contribution in [0.2, 0.25) is 0 Å². The van der Waals surface area contributed by atoms with Crippen LogP contribution in [0.25, 0.3) is 6.08 Å². The highest BCUT2D eigenvalue weighted by molar-refractivity contribution is 7.44. The fourth-order valence-electron chi connectivity index (χ4n) is 8.07. The molecule has 1 aromatic heterocycles. The topological polar surface area (TPSA) is 187 Å². The molecule has 20 heteroatoms. The summed E-state index contributed by atoms with van der Waals surface area (Å²) in [4.78, 5) is 53.6. The summed E-state index contributed by atoms with van der Waals surface area (Å²) in [5.41, 5.74) is -0.303. The van der Waals surface area contributed by atoms with Gasteiger partial charge < -0.3 is 38.2 Å². The molecule has 378 valence electrons. The van der Waals surface area contributed by atoms with E-state index < -0.39 is 55.9 Å². The third-order valence-corrected chi connectivity index (χ3v) is 13.6. The summed E-state index contributed by atoms with van der Waals surface area (Å²) in [5, 5.41) is 11.3. The number of amides is 2. The van der Waals surface area contributed by atoms with Crippen molar-refractivity contribution in [1.29, 1.82) is 5.26 Å². The Bertz CT molecular complexity index is 2410. The molecule has 4 atom stereocenters. The minimum Gasteiger partial charge on any atom is -0.497 e. The Morgan fingerprint density at radius 1 is 0.929 bits per heavy atom. The van der Waals surface area contributed by atoms with Gasteiger partial charge in [0.25, 0.3) is 14.1 Å². The minimum absolute atomic E-state index is 0.0279. The number of methoxy groups -OCH3 is 2. The summed E-state index contributed by atoms with van der Waals surface area (Å²) >= 11 is 0. The lowest BCUT2D eigenvalue weighted by atomic mass is 9.80. The van der Waals surface area contributed by atoms with E-state index in [4.69, 9.17) is 28.0 Å². The predicted molar refractivity (Wildman–Crippen MR) is 258 cm³/mol. The van der Waals surface area contributed by atoms with Gasteiger partial charge in [0, 0.05) is 44.0 Å². The van der Waals surface area contributed by atoms with E-state index >= 15 is 0 Å². The monoisotopic (exact) mass is 994 g/mol. The third kappa shape index (κ3) is 14.6. The fourth-order valence-corrected chi connectivity index (χ4v) is 9.83. The number of benzene rings is 3. The average Bonchev–Trinajstić information content (AvgIpc) is 3.74. The van der Waals surface area contributed by atoms with Crippen molar-refractivity contribution in [2.24, 2.45) is 0 Å². The summed E-state index contributed by atoms with van der Waals surface area (Å²) in [6.45, 7) is 8.22. The van der Waals surface area contributed by atoms with E-state index in [1.165, 1.54) is 27.9 Å². The van der Waals surface area contributed by atoms with Crippen LogP contribution in [0.4, 0.5) is 13.2 Å². The second-order valence-electron chi connectivity index (χ2n) is 16.9. The molecule has 2 heterocycles. The van der Waals surface area contributed by atoms with Gasteiger partial charge in [0.15, 0.2) is 0 Å². The Morgan fingerprint density at radius 2 is 1.53 bits per heavy atom. The third-order valence-electron chi connectivity index (χ3n) is 11.5. The van der Waals surface area contributed by atoms with Crippen LogP contribution in [0.1, 0.15) is 94.7 Å². The van der Waals surface area contributed by atoms with E-state index in [-0.39, 0.29) is 56.8 Å². The fraction of sp³-hybridized carbons (Fsp3) is 0.460. The predicted octanol–water partition coefficient (Wildman–Crippen LogP) is 8.18. The molecular weight excluding hydrogens is 933 g/mol. The van der Waals surface area contributed by atoms with E-state index in [1.54, 1.807) is 14.2 Å². The first-order chi connectivity index (χ1) is 33.6. The summed E-state index contributed by atoms with van der Waals surface area (Å²) in [6.07, 6.45) is -0.721. The molecule has 16 nitrogen and oxygen atoms in total. The van der Waals surface area contributed by atoms with Crippen molar-refractivity contribution in [3.8, 4) is 17.6 Å². The van der Waals surface area contributed by atoms with Gasteiger partial charge in [0.05, 0.1) is 51.6 Å². The molecule has 0 aliphatic carbocycles. The second-order valence-corrected chi connectivity index (χ2v) is 18.4. The van der Waals surface area contributed by atoms with Gasteiger partial charge in [-0.3, -0.25) is 23.9 Å². The van der Waals surface area contributed by atoms with Crippen LogP contribution in [0.15, 0.2) is 101 Å². The smallest absolute Gasteiger partial charge is 0.471 e. The molecule has 1 saturated heterocycles. The zero-order valence-corrected chi connectivity index (χ0v) is 41.1. The summed E-state index contributed by atoms with van der Waals surface area (Å²) in [6, 6.07) is 26.9. The van der Waals surface area contributed by atoms with Crippen LogP contribution < -0.4 is 26.0 Å². The van der Waals surface area contributed by atoms with E-state index in [2.05, 4.69) is 15.7 Å². The number of hydrogen-bond donors (Lipinski definition) is 2. The summed E-state index contributed by atoms with van der Waals surface area (Å²) in [5.74, 6) is -0.698. The number of nitrogens with one attached hydrogen (secondary N) is 2. The van der Waals surface area contributed by atoms with Crippen LogP contribution in [-0.4, -0.2) is 102 Å². The van der Waals surface area contributed by atoms with Crippen molar-refractivity contribution in [1.82, 2.24) is 24.4 Å². The van der Waals surface area contributed by atoms with Gasteiger partial charge >= 0.3 is 17.8 Å². The molecule has 4 aromatic rings. The largest absolute Gasteiger partial charge is 0.497 e. The second kappa shape index (κ2) is 26.4. The molecule has 0 bridgehead atoms. The van der Waals surface area contributed by atoms with Gasteiger partial charge in [0.1, 0.15) is 29.4 Å². The van der Waals surface area contributed by atoms with Gasteiger partial charge in [-0.15, -0.1) is 0 Å².